The van der Waals surface area contributed by atoms with Crippen LogP contribution < -0.4 is 5.73 Å². The lowest BCUT2D eigenvalue weighted by Crippen LogP contribution is -1.83. The fraction of sp³-hybridized carbons (Fsp3) is 0. The van der Waals surface area contributed by atoms with E-state index in [4.69, 9.17) is 5.73 Å². The van der Waals surface area contributed by atoms with Gasteiger partial charge in [-0.1, -0.05) is 0 Å². The van der Waals surface area contributed by atoms with Gasteiger partial charge < -0.3 is 10.7 Å². The third-order valence-corrected chi connectivity index (χ3v) is 1.34. The van der Waals surface area contributed by atoms with E-state index >= 15 is 0 Å². The molecule has 0 atom stereocenters. The Labute approximate surface area is 57.1 Å². The molecule has 0 fully saturated rings. The summed E-state index contributed by atoms with van der Waals surface area (Å²) >= 11 is 0. The molecule has 0 saturated heterocycles. The Balaban J connectivity index is 2.93. The van der Waals surface area contributed by atoms with Crippen molar-refractivity contribution in [1.82, 2.24) is 15.0 Å². The smallest absolute Gasteiger partial charge is 0.158 e. The first-order chi connectivity index (χ1) is 4.88. The average molecular weight is 134 g/mol. The van der Waals surface area contributed by atoms with Crippen molar-refractivity contribution in [2.45, 2.75) is 0 Å². The summed E-state index contributed by atoms with van der Waals surface area (Å²) in [6, 6.07) is 0. The zero-order valence-electron chi connectivity index (χ0n) is 5.20. The molecule has 2 aromatic rings. The van der Waals surface area contributed by atoms with Crippen LogP contribution >= 0.6 is 0 Å². The highest BCUT2D eigenvalue weighted by Crippen LogP contribution is 2.13. The number of anilines is 1. The van der Waals surface area contributed by atoms with Crippen LogP contribution in [0.15, 0.2) is 18.6 Å². The second-order valence-corrected chi connectivity index (χ2v) is 2.00. The molecule has 0 radical (unpaired) electrons. The van der Waals surface area contributed by atoms with E-state index in [1.165, 1.54) is 0 Å². The Bertz CT molecular complexity index is 351. The van der Waals surface area contributed by atoms with Crippen molar-refractivity contribution in [3.63, 3.8) is 0 Å². The molecule has 3 N–H and O–H groups in total. The normalized spacial score (nSPS) is 10.4. The summed E-state index contributed by atoms with van der Waals surface area (Å²) in [5.74, 6) is 0. The highest BCUT2D eigenvalue weighted by atomic mass is 14.9. The summed E-state index contributed by atoms with van der Waals surface area (Å²) in [5, 5.41) is 0. The second kappa shape index (κ2) is 1.70. The van der Waals surface area contributed by atoms with E-state index in [0.717, 1.165) is 11.2 Å². The molecule has 50 valence electrons. The van der Waals surface area contributed by atoms with Gasteiger partial charge in [0.15, 0.2) is 5.65 Å². The summed E-state index contributed by atoms with van der Waals surface area (Å²) < 4.78 is 0. The van der Waals surface area contributed by atoms with Crippen LogP contribution in [0, 0.1) is 0 Å². The number of nitrogen functional groups attached to an aromatic ring is 1. The fourth-order valence-electron chi connectivity index (χ4n) is 0.869. The SMILES string of the molecule is Nc1c[nH]c2nccnc12. The van der Waals surface area contributed by atoms with Gasteiger partial charge in [-0.25, -0.2) is 9.97 Å². The molecule has 0 aliphatic carbocycles. The van der Waals surface area contributed by atoms with Crippen LogP contribution in [-0.4, -0.2) is 15.0 Å². The first-order valence-corrected chi connectivity index (χ1v) is 2.91. The lowest BCUT2D eigenvalue weighted by atomic mass is 10.5. The van der Waals surface area contributed by atoms with Gasteiger partial charge in [-0.05, 0) is 0 Å². The maximum atomic E-state index is 5.54. The van der Waals surface area contributed by atoms with Gasteiger partial charge in [-0.15, -0.1) is 0 Å². The van der Waals surface area contributed by atoms with Gasteiger partial charge in [-0.3, -0.25) is 0 Å². The zero-order valence-corrected chi connectivity index (χ0v) is 5.20. The van der Waals surface area contributed by atoms with E-state index in [1.807, 2.05) is 0 Å². The van der Waals surface area contributed by atoms with E-state index < -0.39 is 0 Å². The van der Waals surface area contributed by atoms with Crippen LogP contribution in [0.25, 0.3) is 11.2 Å². The van der Waals surface area contributed by atoms with Crippen LogP contribution in [0.5, 0.6) is 0 Å². The lowest BCUT2D eigenvalue weighted by Gasteiger charge is -1.85. The molecule has 0 aliphatic rings. The number of aromatic nitrogens is 3. The molecule has 0 bridgehead atoms. The number of nitrogens with one attached hydrogen (secondary N) is 1. The largest absolute Gasteiger partial charge is 0.396 e. The third kappa shape index (κ3) is 0.556. The number of nitrogens with zero attached hydrogens (tertiary/aromatic N) is 2. The highest BCUT2D eigenvalue weighted by molar-refractivity contribution is 5.83. The molecular weight excluding hydrogens is 128 g/mol. The van der Waals surface area contributed by atoms with E-state index in [-0.39, 0.29) is 0 Å². The van der Waals surface area contributed by atoms with Gasteiger partial charge >= 0.3 is 0 Å². The van der Waals surface area contributed by atoms with Gasteiger partial charge in [-0.2, -0.15) is 0 Å². The molecule has 0 saturated carbocycles. The van der Waals surface area contributed by atoms with E-state index in [2.05, 4.69) is 15.0 Å². The first kappa shape index (κ1) is 5.22. The molecule has 4 heteroatoms. The number of rotatable bonds is 0. The Morgan fingerprint density at radius 3 is 2.90 bits per heavy atom. The topological polar surface area (TPSA) is 67.6 Å². The fourth-order valence-corrected chi connectivity index (χ4v) is 0.869. The van der Waals surface area contributed by atoms with Crippen molar-refractivity contribution >= 4 is 16.9 Å². The summed E-state index contributed by atoms with van der Waals surface area (Å²) in [6.07, 6.45) is 4.93. The maximum Gasteiger partial charge on any atom is 0.158 e. The van der Waals surface area contributed by atoms with Crippen molar-refractivity contribution in [3.8, 4) is 0 Å². The minimum absolute atomic E-state index is 0.642. The molecule has 10 heavy (non-hydrogen) atoms. The zero-order chi connectivity index (χ0) is 6.97. The number of hydrogen-bond donors (Lipinski definition) is 2. The molecule has 2 heterocycles. The van der Waals surface area contributed by atoms with Gasteiger partial charge in [0.1, 0.15) is 5.52 Å². The van der Waals surface area contributed by atoms with Crippen molar-refractivity contribution in [1.29, 1.82) is 0 Å². The van der Waals surface area contributed by atoms with E-state index in [1.54, 1.807) is 18.6 Å². The van der Waals surface area contributed by atoms with Crippen molar-refractivity contribution < 1.29 is 0 Å². The predicted octanol–water partition coefficient (Wildman–Crippen LogP) is 0.540. The molecule has 0 aliphatic heterocycles. The van der Waals surface area contributed by atoms with Crippen LogP contribution in [0.4, 0.5) is 5.69 Å². The number of hydrogen-bond acceptors (Lipinski definition) is 3. The predicted molar refractivity (Wildman–Crippen MR) is 38.3 cm³/mol. The minimum atomic E-state index is 0.642. The number of H-pyrrole nitrogens is 1. The average Bonchev–Trinajstić information content (AvgIpc) is 2.34. The molecule has 2 rings (SSSR count). The van der Waals surface area contributed by atoms with E-state index in [9.17, 15) is 0 Å². The van der Waals surface area contributed by atoms with Crippen LogP contribution in [0.2, 0.25) is 0 Å². The quantitative estimate of drug-likeness (QED) is 0.552. The summed E-state index contributed by atoms with van der Waals surface area (Å²) in [5.41, 5.74) is 7.66. The minimum Gasteiger partial charge on any atom is -0.396 e. The maximum absolute atomic E-state index is 5.54. The van der Waals surface area contributed by atoms with E-state index in [0.29, 0.717) is 5.69 Å². The monoisotopic (exact) mass is 134 g/mol. The second-order valence-electron chi connectivity index (χ2n) is 2.00. The number of fused-ring (bicyclic) bond motifs is 1. The highest BCUT2D eigenvalue weighted by Gasteiger charge is 1.98. The summed E-state index contributed by atoms with van der Waals surface area (Å²) in [4.78, 5) is 10.9. The van der Waals surface area contributed by atoms with Gasteiger partial charge in [0, 0.05) is 18.6 Å². The third-order valence-electron chi connectivity index (χ3n) is 1.34. The standard InChI is InChI=1S/C6H6N4/c7-4-3-10-6-5(4)8-1-2-9-6/h1-3H,7H2,(H,9,10). The summed E-state index contributed by atoms with van der Waals surface area (Å²) in [7, 11) is 0. The molecule has 0 unspecified atom stereocenters. The van der Waals surface area contributed by atoms with Gasteiger partial charge in [0.05, 0.1) is 5.69 Å². The Hall–Kier alpha value is -1.58. The number of aromatic amines is 1. The van der Waals surface area contributed by atoms with Crippen molar-refractivity contribution in [2.75, 3.05) is 5.73 Å². The van der Waals surface area contributed by atoms with Crippen LogP contribution in [0.3, 0.4) is 0 Å². The van der Waals surface area contributed by atoms with Crippen LogP contribution in [-0.2, 0) is 0 Å². The Morgan fingerprint density at radius 2 is 2.10 bits per heavy atom. The Kier molecular flexibility index (Phi) is 0.887. The molecule has 2 aromatic heterocycles. The van der Waals surface area contributed by atoms with Crippen LogP contribution in [0.1, 0.15) is 0 Å². The molecule has 0 spiro atoms. The Morgan fingerprint density at radius 1 is 1.30 bits per heavy atom. The van der Waals surface area contributed by atoms with Crippen molar-refractivity contribution in [3.05, 3.63) is 18.6 Å². The first-order valence-electron chi connectivity index (χ1n) is 2.91. The molecule has 0 amide bonds. The van der Waals surface area contributed by atoms with Gasteiger partial charge in [0.25, 0.3) is 0 Å². The molecule has 4 nitrogen and oxygen atoms in total. The molecule has 0 aromatic carbocycles. The van der Waals surface area contributed by atoms with Gasteiger partial charge in [0.2, 0.25) is 0 Å². The summed E-state index contributed by atoms with van der Waals surface area (Å²) in [6.45, 7) is 0. The van der Waals surface area contributed by atoms with Crippen molar-refractivity contribution in [2.24, 2.45) is 0 Å². The lowest BCUT2D eigenvalue weighted by molar-refractivity contribution is 1.26. The molecular formula is C6H6N4. The number of nitrogens with two attached hydrogens (primary N) is 1.